The molecule has 0 radical (unpaired) electrons. The summed E-state index contributed by atoms with van der Waals surface area (Å²) in [6.07, 6.45) is 1.54. The van der Waals surface area contributed by atoms with E-state index in [9.17, 15) is 8.78 Å². The molecule has 1 fully saturated rings. The van der Waals surface area contributed by atoms with Gasteiger partial charge in [0.15, 0.2) is 5.11 Å². The minimum Gasteiger partial charge on any atom is -0.435 e. The third-order valence-electron chi connectivity index (χ3n) is 3.30. The molecule has 0 amide bonds. The van der Waals surface area contributed by atoms with Gasteiger partial charge in [0, 0.05) is 26.2 Å². The van der Waals surface area contributed by atoms with E-state index in [1.807, 2.05) is 0 Å². The first-order valence-corrected chi connectivity index (χ1v) is 7.96. The minimum absolute atomic E-state index is 0.107. The van der Waals surface area contributed by atoms with Crippen molar-refractivity contribution in [2.75, 3.05) is 39.4 Å². The first-order chi connectivity index (χ1) is 11.6. The van der Waals surface area contributed by atoms with E-state index < -0.39 is 6.61 Å². The molecule has 1 saturated heterocycles. The maximum absolute atomic E-state index is 12.0. The summed E-state index contributed by atoms with van der Waals surface area (Å²) in [7, 11) is 0. The quantitative estimate of drug-likeness (QED) is 0.437. The molecule has 1 aromatic carbocycles. The summed E-state index contributed by atoms with van der Waals surface area (Å²) >= 11 is 5.12. The highest BCUT2D eigenvalue weighted by Gasteiger charge is 2.09. The Morgan fingerprint density at radius 3 is 2.71 bits per heavy atom. The second-order valence-electron chi connectivity index (χ2n) is 5.03. The molecule has 0 spiro atoms. The molecule has 0 unspecified atom stereocenters. The lowest BCUT2D eigenvalue weighted by Crippen LogP contribution is -2.42. The molecule has 0 saturated carbocycles. The summed E-state index contributed by atoms with van der Waals surface area (Å²) in [6.45, 7) is 2.20. The van der Waals surface area contributed by atoms with Crippen LogP contribution in [0.4, 0.5) is 8.78 Å². The van der Waals surface area contributed by atoms with Crippen LogP contribution in [0.3, 0.4) is 0 Å². The Bertz CT molecular complexity index is 537. The fraction of sp³-hybridized carbons (Fsp3) is 0.467. The molecule has 1 aliphatic rings. The van der Waals surface area contributed by atoms with E-state index in [1.54, 1.807) is 18.3 Å². The monoisotopic (exact) mass is 358 g/mol. The Hall–Kier alpha value is -1.84. The van der Waals surface area contributed by atoms with Crippen LogP contribution in [0, 0.1) is 0 Å². The van der Waals surface area contributed by atoms with Gasteiger partial charge in [-0.15, -0.1) is 0 Å². The molecule has 24 heavy (non-hydrogen) atoms. The van der Waals surface area contributed by atoms with Crippen molar-refractivity contribution < 1.29 is 18.3 Å². The lowest BCUT2D eigenvalue weighted by Gasteiger charge is -2.26. The summed E-state index contributed by atoms with van der Waals surface area (Å²) in [4.78, 5) is 2.30. The molecule has 2 N–H and O–H groups in total. The van der Waals surface area contributed by atoms with Crippen molar-refractivity contribution in [1.82, 2.24) is 15.6 Å². The van der Waals surface area contributed by atoms with Crippen molar-refractivity contribution in [3.63, 3.8) is 0 Å². The van der Waals surface area contributed by atoms with Gasteiger partial charge in [0.25, 0.3) is 0 Å². The molecule has 0 aromatic heterocycles. The lowest BCUT2D eigenvalue weighted by atomic mass is 10.2. The van der Waals surface area contributed by atoms with Gasteiger partial charge < -0.3 is 14.8 Å². The Labute approximate surface area is 144 Å². The van der Waals surface area contributed by atoms with E-state index in [4.69, 9.17) is 17.0 Å². The van der Waals surface area contributed by atoms with Crippen molar-refractivity contribution in [2.24, 2.45) is 5.10 Å². The molecule has 9 heteroatoms. The number of rotatable bonds is 7. The molecule has 2 rings (SSSR count). The van der Waals surface area contributed by atoms with Gasteiger partial charge in [0.1, 0.15) is 5.75 Å². The number of hydrogen-bond donors (Lipinski definition) is 2. The third kappa shape index (κ3) is 7.16. The van der Waals surface area contributed by atoms with Crippen LogP contribution in [0.15, 0.2) is 29.4 Å². The number of thiocarbonyl (C=S) groups is 1. The number of alkyl halides is 2. The highest BCUT2D eigenvalue weighted by Crippen LogP contribution is 2.13. The van der Waals surface area contributed by atoms with Crippen molar-refractivity contribution in [3.05, 3.63) is 29.8 Å². The van der Waals surface area contributed by atoms with Crippen LogP contribution in [-0.2, 0) is 4.74 Å². The number of hydrazone groups is 1. The fourth-order valence-corrected chi connectivity index (χ4v) is 2.25. The highest BCUT2D eigenvalue weighted by atomic mass is 32.1. The van der Waals surface area contributed by atoms with Crippen LogP contribution in [0.25, 0.3) is 0 Å². The highest BCUT2D eigenvalue weighted by molar-refractivity contribution is 7.80. The van der Waals surface area contributed by atoms with E-state index in [-0.39, 0.29) is 5.75 Å². The van der Waals surface area contributed by atoms with Gasteiger partial charge in [-0.3, -0.25) is 10.3 Å². The number of ether oxygens (including phenoxy) is 2. The van der Waals surface area contributed by atoms with Crippen LogP contribution in [0.2, 0.25) is 0 Å². The maximum atomic E-state index is 12.0. The standard InChI is InChI=1S/C15H20F2N4O2S/c16-14(17)23-13-3-1-12(2-4-13)11-19-20-15(24)18-5-6-21-7-9-22-10-8-21/h1-4,11,14H,5-10H2,(H2,18,20,24)/b19-11+. The van der Waals surface area contributed by atoms with Gasteiger partial charge in [-0.2, -0.15) is 13.9 Å². The fourth-order valence-electron chi connectivity index (χ4n) is 2.09. The molecular formula is C15H20F2N4O2S. The van der Waals surface area contributed by atoms with Crippen molar-refractivity contribution >= 4 is 23.5 Å². The van der Waals surface area contributed by atoms with Crippen molar-refractivity contribution in [1.29, 1.82) is 0 Å². The van der Waals surface area contributed by atoms with Gasteiger partial charge in [-0.1, -0.05) is 0 Å². The summed E-state index contributed by atoms with van der Waals surface area (Å²) < 4.78 is 33.6. The van der Waals surface area contributed by atoms with E-state index in [2.05, 4.69) is 25.5 Å². The smallest absolute Gasteiger partial charge is 0.387 e. The van der Waals surface area contributed by atoms with E-state index >= 15 is 0 Å². The number of morpholine rings is 1. The zero-order chi connectivity index (χ0) is 17.2. The minimum atomic E-state index is -2.83. The van der Waals surface area contributed by atoms with Crippen molar-refractivity contribution in [2.45, 2.75) is 6.61 Å². The molecule has 0 aliphatic carbocycles. The number of benzene rings is 1. The predicted octanol–water partition coefficient (Wildman–Crippen LogP) is 1.42. The molecule has 1 heterocycles. The summed E-state index contributed by atoms with van der Waals surface area (Å²) in [5.74, 6) is 0.107. The predicted molar refractivity (Wildman–Crippen MR) is 91.7 cm³/mol. The van der Waals surface area contributed by atoms with Crippen LogP contribution in [-0.4, -0.2) is 62.2 Å². The zero-order valence-corrected chi connectivity index (χ0v) is 13.9. The SMILES string of the molecule is FC(F)Oc1ccc(/C=N/NC(=S)NCCN2CCOCC2)cc1. The molecule has 132 valence electrons. The van der Waals surface area contributed by atoms with E-state index in [0.29, 0.717) is 5.11 Å². The van der Waals surface area contributed by atoms with Gasteiger partial charge in [-0.05, 0) is 42.0 Å². The summed E-state index contributed by atoms with van der Waals surface area (Å²) in [5.41, 5.74) is 3.45. The molecular weight excluding hydrogens is 338 g/mol. The summed E-state index contributed by atoms with van der Waals surface area (Å²) in [5, 5.41) is 7.49. The maximum Gasteiger partial charge on any atom is 0.387 e. The molecule has 6 nitrogen and oxygen atoms in total. The molecule has 1 aliphatic heterocycles. The molecule has 0 bridgehead atoms. The molecule has 1 aromatic rings. The van der Waals surface area contributed by atoms with Gasteiger partial charge in [0.2, 0.25) is 0 Å². The zero-order valence-electron chi connectivity index (χ0n) is 13.1. The van der Waals surface area contributed by atoms with E-state index in [0.717, 1.165) is 45.0 Å². The normalized spacial score (nSPS) is 15.6. The summed E-state index contributed by atoms with van der Waals surface area (Å²) in [6, 6.07) is 6.15. The topological polar surface area (TPSA) is 58.1 Å². The van der Waals surface area contributed by atoms with Gasteiger partial charge in [-0.25, -0.2) is 0 Å². The first kappa shape index (κ1) is 18.5. The number of hydrogen-bond acceptors (Lipinski definition) is 5. The number of nitrogens with one attached hydrogen (secondary N) is 2. The number of halogens is 2. The Kier molecular flexibility index (Phi) is 7.80. The van der Waals surface area contributed by atoms with Crippen LogP contribution < -0.4 is 15.5 Å². The van der Waals surface area contributed by atoms with Gasteiger partial charge in [0.05, 0.1) is 19.4 Å². The van der Waals surface area contributed by atoms with Crippen LogP contribution >= 0.6 is 12.2 Å². The average molecular weight is 358 g/mol. The van der Waals surface area contributed by atoms with E-state index in [1.165, 1.54) is 12.1 Å². The van der Waals surface area contributed by atoms with Crippen molar-refractivity contribution in [3.8, 4) is 5.75 Å². The second-order valence-corrected chi connectivity index (χ2v) is 5.44. The van der Waals surface area contributed by atoms with Crippen LogP contribution in [0.5, 0.6) is 5.75 Å². The molecule has 0 atom stereocenters. The Morgan fingerprint density at radius 2 is 2.04 bits per heavy atom. The lowest BCUT2D eigenvalue weighted by molar-refractivity contribution is -0.0498. The second kappa shape index (κ2) is 10.1. The Balaban J connectivity index is 1.64. The first-order valence-electron chi connectivity index (χ1n) is 7.55. The average Bonchev–Trinajstić information content (AvgIpc) is 2.57. The largest absolute Gasteiger partial charge is 0.435 e. The Morgan fingerprint density at radius 1 is 1.33 bits per heavy atom. The van der Waals surface area contributed by atoms with Crippen LogP contribution in [0.1, 0.15) is 5.56 Å². The number of nitrogens with zero attached hydrogens (tertiary/aromatic N) is 2. The van der Waals surface area contributed by atoms with Gasteiger partial charge >= 0.3 is 6.61 Å². The third-order valence-corrected chi connectivity index (χ3v) is 3.54.